The highest BCUT2D eigenvalue weighted by molar-refractivity contribution is 7.92. The Morgan fingerprint density at radius 2 is 1.93 bits per heavy atom. The average Bonchev–Trinajstić information content (AvgIpc) is 3.06. The number of nitrogens with zero attached hydrogens (tertiary/aromatic N) is 1. The van der Waals surface area contributed by atoms with E-state index in [4.69, 9.17) is 21.1 Å². The average molecular weight is 410 g/mol. The molecule has 142 valence electrons. The van der Waals surface area contributed by atoms with Crippen molar-refractivity contribution in [1.29, 1.82) is 0 Å². The Hall–Kier alpha value is -2.58. The molecule has 1 saturated heterocycles. The molecule has 27 heavy (non-hydrogen) atoms. The second-order valence-corrected chi connectivity index (χ2v) is 8.18. The zero-order chi connectivity index (χ0) is 19.6. The monoisotopic (exact) mass is 409 g/mol. The van der Waals surface area contributed by atoms with Crippen LogP contribution in [0.25, 0.3) is 0 Å². The molecule has 0 saturated carbocycles. The highest BCUT2D eigenvalue weighted by atomic mass is 35.5. The van der Waals surface area contributed by atoms with Gasteiger partial charge in [0.2, 0.25) is 6.10 Å². The van der Waals surface area contributed by atoms with Gasteiger partial charge in [-0.05, 0) is 30.3 Å². The fraction of sp³-hybridized carbons (Fsp3) is 0.222. The van der Waals surface area contributed by atoms with Crippen molar-refractivity contribution in [3.63, 3.8) is 0 Å². The lowest BCUT2D eigenvalue weighted by Gasteiger charge is -2.20. The van der Waals surface area contributed by atoms with E-state index in [1.807, 2.05) is 0 Å². The summed E-state index contributed by atoms with van der Waals surface area (Å²) in [5.74, 6) is -1.52. The summed E-state index contributed by atoms with van der Waals surface area (Å²) < 4.78 is 36.7. The number of hydrogen-bond donors (Lipinski definition) is 0. The molecule has 0 N–H and O–H groups in total. The highest BCUT2D eigenvalue weighted by Gasteiger charge is 2.32. The predicted octanol–water partition coefficient (Wildman–Crippen LogP) is 2.64. The molecule has 0 spiro atoms. The van der Waals surface area contributed by atoms with E-state index in [0.717, 1.165) is 10.4 Å². The van der Waals surface area contributed by atoms with E-state index in [-0.39, 0.29) is 28.5 Å². The van der Waals surface area contributed by atoms with Crippen molar-refractivity contribution in [2.75, 3.05) is 18.0 Å². The molecular formula is C18H16ClNO6S. The van der Waals surface area contributed by atoms with E-state index in [1.165, 1.54) is 19.2 Å². The van der Waals surface area contributed by atoms with Crippen LogP contribution in [0, 0.1) is 0 Å². The summed E-state index contributed by atoms with van der Waals surface area (Å²) in [5, 5.41) is 0.0210. The van der Waals surface area contributed by atoms with Crippen LogP contribution in [0.4, 0.5) is 5.69 Å². The van der Waals surface area contributed by atoms with Crippen molar-refractivity contribution in [2.45, 2.75) is 17.4 Å². The van der Waals surface area contributed by atoms with Crippen LogP contribution < -0.4 is 4.31 Å². The summed E-state index contributed by atoms with van der Waals surface area (Å²) in [7, 11) is -2.52. The number of esters is 2. The van der Waals surface area contributed by atoms with Crippen LogP contribution >= 0.6 is 11.6 Å². The van der Waals surface area contributed by atoms with Crippen LogP contribution in [0.15, 0.2) is 53.4 Å². The Labute approximate surface area is 161 Å². The lowest BCUT2D eigenvalue weighted by atomic mass is 10.2. The fourth-order valence-electron chi connectivity index (χ4n) is 2.53. The first-order valence-electron chi connectivity index (χ1n) is 8.02. The Balaban J connectivity index is 1.90. The number of ether oxygens (including phenoxy) is 2. The topological polar surface area (TPSA) is 90.0 Å². The fourth-order valence-corrected chi connectivity index (χ4v) is 3.95. The van der Waals surface area contributed by atoms with Crippen LogP contribution in [-0.2, 0) is 24.3 Å². The maximum Gasteiger partial charge on any atom is 0.347 e. The van der Waals surface area contributed by atoms with Crippen molar-refractivity contribution < 1.29 is 27.5 Å². The zero-order valence-electron chi connectivity index (χ0n) is 14.3. The van der Waals surface area contributed by atoms with Crippen molar-refractivity contribution in [3.8, 4) is 0 Å². The smallest absolute Gasteiger partial charge is 0.347 e. The lowest BCUT2D eigenvalue weighted by Crippen LogP contribution is -2.27. The van der Waals surface area contributed by atoms with Crippen molar-refractivity contribution in [2.24, 2.45) is 0 Å². The van der Waals surface area contributed by atoms with E-state index >= 15 is 0 Å². The number of carbonyl (C=O) groups excluding carboxylic acids is 2. The van der Waals surface area contributed by atoms with E-state index in [9.17, 15) is 18.0 Å². The molecule has 1 atom stereocenters. The van der Waals surface area contributed by atoms with Crippen molar-refractivity contribution in [1.82, 2.24) is 0 Å². The number of benzene rings is 2. The number of rotatable bonds is 5. The third-order valence-electron chi connectivity index (χ3n) is 4.07. The predicted molar refractivity (Wildman–Crippen MR) is 98.3 cm³/mol. The minimum Gasteiger partial charge on any atom is -0.463 e. The second-order valence-electron chi connectivity index (χ2n) is 5.80. The van der Waals surface area contributed by atoms with Gasteiger partial charge < -0.3 is 9.47 Å². The molecule has 0 aliphatic carbocycles. The molecule has 1 heterocycles. The number of anilines is 1. The van der Waals surface area contributed by atoms with E-state index in [0.29, 0.717) is 5.69 Å². The lowest BCUT2D eigenvalue weighted by molar-refractivity contribution is -0.145. The Bertz CT molecular complexity index is 977. The number of hydrogen-bond acceptors (Lipinski definition) is 6. The summed E-state index contributed by atoms with van der Waals surface area (Å²) >= 11 is 6.03. The van der Waals surface area contributed by atoms with Crippen molar-refractivity contribution in [3.05, 3.63) is 59.1 Å². The molecule has 0 aromatic heterocycles. The summed E-state index contributed by atoms with van der Waals surface area (Å²) in [6.07, 6.45) is -0.766. The first-order chi connectivity index (χ1) is 12.8. The van der Waals surface area contributed by atoms with Gasteiger partial charge in [-0.3, -0.25) is 4.31 Å². The van der Waals surface area contributed by atoms with Crippen LogP contribution in [0.2, 0.25) is 5.02 Å². The van der Waals surface area contributed by atoms with Crippen LogP contribution in [0.1, 0.15) is 16.8 Å². The molecule has 0 radical (unpaired) electrons. The van der Waals surface area contributed by atoms with E-state index in [1.54, 1.807) is 30.3 Å². The quantitative estimate of drug-likeness (QED) is 0.705. The minimum absolute atomic E-state index is 0.0210. The number of carbonyl (C=O) groups is 2. The van der Waals surface area contributed by atoms with E-state index < -0.39 is 28.1 Å². The number of sulfonamides is 1. The Kier molecular flexibility index (Phi) is 5.38. The first kappa shape index (κ1) is 19.2. The maximum absolute atomic E-state index is 12.9. The molecule has 1 aliphatic heterocycles. The highest BCUT2D eigenvalue weighted by Crippen LogP contribution is 2.26. The maximum atomic E-state index is 12.9. The summed E-state index contributed by atoms with van der Waals surface area (Å²) in [5.41, 5.74) is 0.323. The minimum atomic E-state index is -3.93. The van der Waals surface area contributed by atoms with Gasteiger partial charge in [-0.1, -0.05) is 29.8 Å². The molecular weight excluding hydrogens is 394 g/mol. The molecule has 3 rings (SSSR count). The van der Waals surface area contributed by atoms with Gasteiger partial charge in [-0.15, -0.1) is 0 Å². The normalized spacial score (nSPS) is 16.7. The largest absolute Gasteiger partial charge is 0.463 e. The van der Waals surface area contributed by atoms with Crippen LogP contribution in [0.3, 0.4) is 0 Å². The third-order valence-corrected chi connectivity index (χ3v) is 6.18. The van der Waals surface area contributed by atoms with Crippen LogP contribution in [-0.4, -0.2) is 40.1 Å². The van der Waals surface area contributed by atoms with E-state index in [2.05, 4.69) is 0 Å². The van der Waals surface area contributed by atoms with Gasteiger partial charge in [-0.2, -0.15) is 0 Å². The van der Waals surface area contributed by atoms with Gasteiger partial charge in [0.1, 0.15) is 0 Å². The van der Waals surface area contributed by atoms with Crippen molar-refractivity contribution >= 4 is 39.3 Å². The van der Waals surface area contributed by atoms with Gasteiger partial charge in [0.05, 0.1) is 27.8 Å². The standard InChI is InChI=1S/C18H16ClNO6S/c1-20(12-5-3-2-4-6-12)27(23,24)13-7-8-15(19)14(11-13)17(21)26-16-9-10-25-18(16)22/h2-8,11,16H,9-10H2,1H3/t16-/m0/s1. The Morgan fingerprint density at radius 1 is 1.22 bits per heavy atom. The molecule has 2 aromatic rings. The zero-order valence-corrected chi connectivity index (χ0v) is 15.9. The first-order valence-corrected chi connectivity index (χ1v) is 9.83. The second kappa shape index (κ2) is 7.58. The summed E-state index contributed by atoms with van der Waals surface area (Å²) in [6.45, 7) is 0.167. The summed E-state index contributed by atoms with van der Waals surface area (Å²) in [4.78, 5) is 23.7. The molecule has 1 aliphatic rings. The SMILES string of the molecule is CN(c1ccccc1)S(=O)(=O)c1ccc(Cl)c(C(=O)O[C@H]2CCOC2=O)c1. The third kappa shape index (κ3) is 3.91. The van der Waals surface area contributed by atoms with Gasteiger partial charge in [0.15, 0.2) is 0 Å². The van der Waals surface area contributed by atoms with Gasteiger partial charge in [0, 0.05) is 13.5 Å². The summed E-state index contributed by atoms with van der Waals surface area (Å²) in [6, 6.07) is 12.2. The Morgan fingerprint density at radius 3 is 2.56 bits per heavy atom. The van der Waals surface area contributed by atoms with Gasteiger partial charge in [0.25, 0.3) is 10.0 Å². The molecule has 0 amide bonds. The van der Waals surface area contributed by atoms with Gasteiger partial charge >= 0.3 is 11.9 Å². The number of cyclic esters (lactones) is 1. The van der Waals surface area contributed by atoms with Crippen LogP contribution in [0.5, 0.6) is 0 Å². The molecule has 9 heteroatoms. The molecule has 7 nitrogen and oxygen atoms in total. The number of halogens is 1. The molecule has 0 bridgehead atoms. The molecule has 2 aromatic carbocycles. The number of para-hydroxylation sites is 1. The molecule has 0 unspecified atom stereocenters. The molecule has 1 fully saturated rings. The van der Waals surface area contributed by atoms with Gasteiger partial charge in [-0.25, -0.2) is 18.0 Å².